The number of aliphatic hydroxyl groups is 1. The highest BCUT2D eigenvalue weighted by Crippen LogP contribution is 2.70. The zero-order valence-corrected chi connectivity index (χ0v) is 23.9. The maximum absolute atomic E-state index is 11.9. The first-order valence-electron chi connectivity index (χ1n) is 14.7. The fourth-order valence-electron chi connectivity index (χ4n) is 11.3. The van der Waals surface area contributed by atoms with Crippen molar-refractivity contribution in [1.29, 1.82) is 0 Å². The number of fused-ring (bicyclic) bond motifs is 6. The summed E-state index contributed by atoms with van der Waals surface area (Å²) >= 11 is 0. The van der Waals surface area contributed by atoms with Crippen LogP contribution in [-0.2, 0) is 9.53 Å². The highest BCUT2D eigenvalue weighted by Gasteiger charge is 2.63. The molecule has 4 saturated carbocycles. The third kappa shape index (κ3) is 3.63. The lowest BCUT2D eigenvalue weighted by Gasteiger charge is -2.64. The zero-order chi connectivity index (χ0) is 25.6. The Hall–Kier alpha value is -0.830. The number of rotatable bonds is 1. The highest BCUT2D eigenvalue weighted by atomic mass is 16.5. The maximum atomic E-state index is 11.9. The van der Waals surface area contributed by atoms with Crippen molar-refractivity contribution in [2.75, 3.05) is 0 Å². The number of hydrogen-bond donors (Lipinski definition) is 1. The van der Waals surface area contributed by atoms with Crippen molar-refractivity contribution in [2.24, 2.45) is 50.7 Å². The maximum Gasteiger partial charge on any atom is 0.302 e. The summed E-state index contributed by atoms with van der Waals surface area (Å²) in [5.74, 6) is 2.44. The molecule has 3 nitrogen and oxygen atoms in total. The summed E-state index contributed by atoms with van der Waals surface area (Å²) in [6.07, 6.45) is 14.4. The molecule has 35 heavy (non-hydrogen) atoms. The Balaban J connectivity index is 1.47. The lowest BCUT2D eigenvalue weighted by atomic mass is 9.42. The van der Waals surface area contributed by atoms with Crippen LogP contribution in [0.4, 0.5) is 0 Å². The second kappa shape index (κ2) is 8.08. The molecule has 0 aliphatic heterocycles. The van der Waals surface area contributed by atoms with Crippen LogP contribution in [0, 0.1) is 50.7 Å². The summed E-state index contributed by atoms with van der Waals surface area (Å²) in [7, 11) is 0. The monoisotopic (exact) mass is 484 g/mol. The molecule has 5 aliphatic rings. The van der Waals surface area contributed by atoms with Gasteiger partial charge in [-0.1, -0.05) is 60.1 Å². The van der Waals surface area contributed by atoms with E-state index < -0.39 is 0 Å². The van der Waals surface area contributed by atoms with Crippen LogP contribution in [0.1, 0.15) is 120 Å². The van der Waals surface area contributed by atoms with E-state index in [4.69, 9.17) is 4.74 Å². The first-order valence-corrected chi connectivity index (χ1v) is 14.7. The topological polar surface area (TPSA) is 46.5 Å². The molecular formula is C32H52O3. The number of allylic oxidation sites excluding steroid dienone is 2. The summed E-state index contributed by atoms with van der Waals surface area (Å²) < 4.78 is 5.90. The summed E-state index contributed by atoms with van der Waals surface area (Å²) in [5, 5.41) is 10.9. The minimum absolute atomic E-state index is 0.00576. The van der Waals surface area contributed by atoms with Crippen LogP contribution in [-0.4, -0.2) is 23.3 Å². The van der Waals surface area contributed by atoms with E-state index >= 15 is 0 Å². The SMILES string of the molecule is CC(=O)O[C@H]1CC[C@@]2(C)[C@H](CC[C@@]3(C)CC4=CC[C@H]5C(C)(C)[C@H](O)CC[C@]5(C)[C@H]4CC[C@@H]32)C1(C)C. The van der Waals surface area contributed by atoms with Crippen molar-refractivity contribution >= 4 is 5.97 Å². The molecule has 198 valence electrons. The molecule has 0 spiro atoms. The van der Waals surface area contributed by atoms with Gasteiger partial charge in [0.15, 0.2) is 0 Å². The second-order valence-corrected chi connectivity index (χ2v) is 15.5. The molecule has 1 N–H and O–H groups in total. The van der Waals surface area contributed by atoms with E-state index in [1.165, 1.54) is 44.9 Å². The molecule has 0 unspecified atom stereocenters. The average molecular weight is 485 g/mol. The molecule has 0 radical (unpaired) electrons. The van der Waals surface area contributed by atoms with Gasteiger partial charge in [0.25, 0.3) is 0 Å². The smallest absolute Gasteiger partial charge is 0.302 e. The highest BCUT2D eigenvalue weighted by molar-refractivity contribution is 5.66. The molecule has 5 rings (SSSR count). The molecule has 0 bridgehead atoms. The predicted octanol–water partition coefficient (Wildman–Crippen LogP) is 7.71. The Labute approximate surface area is 214 Å². The lowest BCUT2D eigenvalue weighted by molar-refractivity contribution is -0.191. The fourth-order valence-corrected chi connectivity index (χ4v) is 11.3. The molecular weight excluding hydrogens is 432 g/mol. The standard InChI is InChI=1S/C32H52O3/c1-20(33)35-27-15-18-32(8)24(29(27,4)5)13-16-30(6)19-21-9-11-23-28(2,3)26(34)14-17-31(23,7)22(21)10-12-25(30)32/h9,22-27,34H,10-19H2,1-8H3/t22-,23-,24+,25-,26+,27-,30-,31+,32-/m0/s1. The van der Waals surface area contributed by atoms with Crippen LogP contribution in [0.3, 0.4) is 0 Å². The molecule has 0 heterocycles. The molecule has 0 aromatic rings. The Morgan fingerprint density at radius 1 is 0.829 bits per heavy atom. The van der Waals surface area contributed by atoms with Gasteiger partial charge in [-0.25, -0.2) is 0 Å². The Morgan fingerprint density at radius 2 is 1.51 bits per heavy atom. The van der Waals surface area contributed by atoms with Gasteiger partial charge >= 0.3 is 5.97 Å². The minimum Gasteiger partial charge on any atom is -0.462 e. The van der Waals surface area contributed by atoms with Gasteiger partial charge in [-0.3, -0.25) is 4.79 Å². The zero-order valence-electron chi connectivity index (χ0n) is 23.9. The fraction of sp³-hybridized carbons (Fsp3) is 0.906. The molecule has 0 aromatic heterocycles. The third-order valence-corrected chi connectivity index (χ3v) is 13.1. The van der Waals surface area contributed by atoms with E-state index in [9.17, 15) is 9.90 Å². The van der Waals surface area contributed by atoms with E-state index in [-0.39, 0.29) is 29.0 Å². The third-order valence-electron chi connectivity index (χ3n) is 13.1. The van der Waals surface area contributed by atoms with Crippen LogP contribution in [0.5, 0.6) is 0 Å². The molecule has 0 saturated heterocycles. The molecule has 9 atom stereocenters. The van der Waals surface area contributed by atoms with Crippen LogP contribution >= 0.6 is 0 Å². The molecule has 5 aliphatic carbocycles. The Bertz CT molecular complexity index is 900. The number of ether oxygens (including phenoxy) is 1. The molecule has 4 fully saturated rings. The van der Waals surface area contributed by atoms with Crippen molar-refractivity contribution in [2.45, 2.75) is 132 Å². The van der Waals surface area contributed by atoms with E-state index in [0.29, 0.717) is 34.0 Å². The van der Waals surface area contributed by atoms with Gasteiger partial charge in [0.05, 0.1) is 6.10 Å². The number of carbonyl (C=O) groups is 1. The van der Waals surface area contributed by atoms with Gasteiger partial charge in [0, 0.05) is 12.3 Å². The quantitative estimate of drug-likeness (QED) is 0.306. The van der Waals surface area contributed by atoms with Gasteiger partial charge < -0.3 is 9.84 Å². The number of esters is 1. The summed E-state index contributed by atoms with van der Waals surface area (Å²) in [6.45, 7) is 18.8. The van der Waals surface area contributed by atoms with Crippen molar-refractivity contribution in [3.05, 3.63) is 11.6 Å². The van der Waals surface area contributed by atoms with E-state index in [0.717, 1.165) is 25.2 Å². The lowest BCUT2D eigenvalue weighted by Crippen LogP contribution is -2.59. The van der Waals surface area contributed by atoms with Crippen LogP contribution in [0.15, 0.2) is 11.6 Å². The number of aliphatic hydroxyl groups excluding tert-OH is 1. The summed E-state index contributed by atoms with van der Waals surface area (Å²) in [5.41, 5.74) is 2.76. The van der Waals surface area contributed by atoms with Crippen LogP contribution < -0.4 is 0 Å². The summed E-state index contributed by atoms with van der Waals surface area (Å²) in [4.78, 5) is 11.9. The minimum atomic E-state index is -0.171. The predicted molar refractivity (Wildman–Crippen MR) is 142 cm³/mol. The van der Waals surface area contributed by atoms with E-state index in [2.05, 4.69) is 54.5 Å². The van der Waals surface area contributed by atoms with Crippen LogP contribution in [0.25, 0.3) is 0 Å². The largest absolute Gasteiger partial charge is 0.462 e. The summed E-state index contributed by atoms with van der Waals surface area (Å²) in [6, 6.07) is 0. The number of hydrogen-bond acceptors (Lipinski definition) is 3. The van der Waals surface area contributed by atoms with Crippen molar-refractivity contribution in [1.82, 2.24) is 0 Å². The van der Waals surface area contributed by atoms with Crippen molar-refractivity contribution in [3.63, 3.8) is 0 Å². The van der Waals surface area contributed by atoms with Gasteiger partial charge in [0.1, 0.15) is 6.10 Å². The average Bonchev–Trinajstić information content (AvgIpc) is 2.90. The molecule has 0 aromatic carbocycles. The normalized spacial score (nSPS) is 50.4. The van der Waals surface area contributed by atoms with Gasteiger partial charge in [0.2, 0.25) is 0 Å². The first kappa shape index (κ1) is 25.8. The van der Waals surface area contributed by atoms with Crippen molar-refractivity contribution < 1.29 is 14.6 Å². The van der Waals surface area contributed by atoms with E-state index in [1.54, 1.807) is 12.5 Å². The molecule has 0 amide bonds. The van der Waals surface area contributed by atoms with Gasteiger partial charge in [-0.15, -0.1) is 0 Å². The van der Waals surface area contributed by atoms with Crippen molar-refractivity contribution in [3.8, 4) is 0 Å². The second-order valence-electron chi connectivity index (χ2n) is 15.5. The Kier molecular flexibility index (Phi) is 5.96. The van der Waals surface area contributed by atoms with Gasteiger partial charge in [-0.2, -0.15) is 0 Å². The molecule has 3 heteroatoms. The number of carbonyl (C=O) groups excluding carboxylic acids is 1. The van der Waals surface area contributed by atoms with Gasteiger partial charge in [-0.05, 0) is 110 Å². The Morgan fingerprint density at radius 3 is 2.20 bits per heavy atom. The van der Waals surface area contributed by atoms with Crippen LogP contribution in [0.2, 0.25) is 0 Å². The first-order chi connectivity index (χ1) is 16.2. The van der Waals surface area contributed by atoms with E-state index in [1.807, 2.05) is 0 Å².